The highest BCUT2D eigenvalue weighted by Crippen LogP contribution is 2.43. The molecule has 4 aromatic rings. The molecule has 4 aliphatic heterocycles. The van der Waals surface area contributed by atoms with Gasteiger partial charge in [-0.05, 0) is 75.1 Å². The minimum Gasteiger partial charge on any atom is -0.394 e. The van der Waals surface area contributed by atoms with Crippen LogP contribution in [0.2, 0.25) is 0 Å². The second-order valence-electron chi connectivity index (χ2n) is 13.0. The predicted molar refractivity (Wildman–Crippen MR) is 169 cm³/mol. The van der Waals surface area contributed by atoms with Crippen molar-refractivity contribution in [2.75, 3.05) is 36.9 Å². The van der Waals surface area contributed by atoms with Crippen LogP contribution in [0.3, 0.4) is 0 Å². The minimum atomic E-state index is -0.363. The molecule has 0 aliphatic carbocycles. The average Bonchev–Trinajstić information content (AvgIpc) is 3.55. The van der Waals surface area contributed by atoms with Gasteiger partial charge in [0, 0.05) is 40.4 Å². The van der Waals surface area contributed by atoms with Gasteiger partial charge in [0.15, 0.2) is 5.82 Å². The lowest BCUT2D eigenvalue weighted by Gasteiger charge is -2.46. The Labute approximate surface area is 257 Å². The maximum Gasteiger partial charge on any atom is 0.261 e. The highest BCUT2D eigenvalue weighted by molar-refractivity contribution is 5.98. The number of aliphatic hydroxyl groups is 1. The van der Waals surface area contributed by atoms with Crippen molar-refractivity contribution in [1.29, 1.82) is 0 Å². The van der Waals surface area contributed by atoms with Crippen LogP contribution in [-0.4, -0.2) is 63.3 Å². The quantitative estimate of drug-likeness (QED) is 0.219. The summed E-state index contributed by atoms with van der Waals surface area (Å²) in [7, 11) is 0. The maximum atomic E-state index is 12.7. The van der Waals surface area contributed by atoms with E-state index in [0.29, 0.717) is 28.5 Å². The lowest BCUT2D eigenvalue weighted by molar-refractivity contribution is 0.0747. The van der Waals surface area contributed by atoms with Gasteiger partial charge in [0.25, 0.3) is 11.8 Å². The molecule has 2 bridgehead atoms. The van der Waals surface area contributed by atoms with E-state index >= 15 is 0 Å². The molecular weight excluding hydrogens is 554 g/mol. The van der Waals surface area contributed by atoms with Crippen LogP contribution in [0, 0.1) is 0 Å². The summed E-state index contributed by atoms with van der Waals surface area (Å²) >= 11 is 0. The molecule has 1 amide bonds. The lowest BCUT2D eigenvalue weighted by atomic mass is 9.71. The molecule has 6 heterocycles. The fraction of sp³-hybridized carbons (Fsp3) is 0.412. The highest BCUT2D eigenvalue weighted by Gasteiger charge is 2.44. The summed E-state index contributed by atoms with van der Waals surface area (Å²) in [5.74, 6) is 1.73. The highest BCUT2D eigenvalue weighted by atomic mass is 16.5. The number of aliphatic hydroxyl groups excluding tert-OH is 1. The van der Waals surface area contributed by atoms with Crippen LogP contribution in [0.15, 0.2) is 65.3 Å². The number of hydrogen-bond donors (Lipinski definition) is 4. The summed E-state index contributed by atoms with van der Waals surface area (Å²) in [6, 6.07) is 17.2. The van der Waals surface area contributed by atoms with Crippen molar-refractivity contribution in [1.82, 2.24) is 25.3 Å². The zero-order valence-electron chi connectivity index (χ0n) is 25.4. The molecule has 8 rings (SSSR count). The van der Waals surface area contributed by atoms with Gasteiger partial charge in [-0.2, -0.15) is 4.98 Å². The topological polar surface area (TPSA) is 128 Å². The Hall–Kier alpha value is -4.28. The summed E-state index contributed by atoms with van der Waals surface area (Å²) in [6.07, 6.45) is 4.85. The fourth-order valence-electron chi connectivity index (χ4n) is 6.82. The summed E-state index contributed by atoms with van der Waals surface area (Å²) in [5.41, 5.74) is 4.57. The third kappa shape index (κ3) is 5.01. The zero-order valence-corrected chi connectivity index (χ0v) is 25.4. The molecule has 0 radical (unpaired) electrons. The lowest BCUT2D eigenvalue weighted by Crippen LogP contribution is -2.51. The summed E-state index contributed by atoms with van der Waals surface area (Å²) < 4.78 is 5.90. The number of pyridine rings is 1. The third-order valence-electron chi connectivity index (χ3n) is 10.1. The van der Waals surface area contributed by atoms with Crippen molar-refractivity contribution in [3.05, 3.63) is 83.3 Å². The largest absolute Gasteiger partial charge is 0.394 e. The minimum absolute atomic E-state index is 0.000596. The van der Waals surface area contributed by atoms with Crippen molar-refractivity contribution >= 4 is 23.1 Å². The molecule has 1 unspecified atom stereocenters. The predicted octanol–water partition coefficient (Wildman–Crippen LogP) is 5.17. The second-order valence-corrected chi connectivity index (χ2v) is 13.0. The number of benzene rings is 2. The smallest absolute Gasteiger partial charge is 0.261 e. The van der Waals surface area contributed by atoms with E-state index in [1.54, 1.807) is 6.20 Å². The fourth-order valence-corrected chi connectivity index (χ4v) is 6.82. The Morgan fingerprint density at radius 3 is 2.55 bits per heavy atom. The molecule has 0 saturated carbocycles. The molecule has 2 aromatic carbocycles. The zero-order chi connectivity index (χ0) is 30.5. The van der Waals surface area contributed by atoms with Crippen LogP contribution in [0.4, 0.5) is 17.2 Å². The number of anilines is 3. The van der Waals surface area contributed by atoms with E-state index < -0.39 is 0 Å². The van der Waals surface area contributed by atoms with Crippen molar-refractivity contribution in [3.63, 3.8) is 0 Å². The van der Waals surface area contributed by atoms with E-state index in [9.17, 15) is 9.90 Å². The SMILES string of the molecule is CC1NC(=O)c2ccc(Nc3cc(N[C@H](CO)c4ccccc4)c(-c4nc(C56CCN(CC5)CC6)no4)cn3)cc2C1(C)C. The molecule has 3 fully saturated rings. The first-order chi connectivity index (χ1) is 21.3. The van der Waals surface area contributed by atoms with Crippen LogP contribution in [0.25, 0.3) is 11.5 Å². The molecule has 4 aliphatic rings. The number of amides is 1. The number of aromatic nitrogens is 3. The molecule has 10 nitrogen and oxygen atoms in total. The molecule has 2 atom stereocenters. The Bertz CT molecular complexity index is 1660. The molecule has 0 spiro atoms. The Morgan fingerprint density at radius 1 is 1.07 bits per heavy atom. The standard InChI is InChI=1S/C34H39N7O3/c1-21-33(2,3)26-17-23(9-10-24(26)30(43)36-21)37-29-18-27(38-28(20-42)22-7-5-4-6-8-22)25(19-35-29)31-39-32(40-44-31)34-11-14-41(15-12-34)16-13-34/h4-10,17-19,21,28,42H,11-16,20H2,1-3H3,(H,36,43)(H2,35,37,38)/t21?,28-/m1/s1. The van der Waals surface area contributed by atoms with Crippen LogP contribution >= 0.6 is 0 Å². The number of carbonyl (C=O) groups excluding carboxylic acids is 1. The summed E-state index contributed by atoms with van der Waals surface area (Å²) in [6.45, 7) is 9.41. The van der Waals surface area contributed by atoms with Crippen molar-refractivity contribution in [2.24, 2.45) is 0 Å². The Balaban J connectivity index is 1.24. The third-order valence-corrected chi connectivity index (χ3v) is 10.1. The van der Waals surface area contributed by atoms with Gasteiger partial charge in [0.1, 0.15) is 5.82 Å². The van der Waals surface area contributed by atoms with E-state index in [4.69, 9.17) is 14.5 Å². The van der Waals surface area contributed by atoms with Gasteiger partial charge in [-0.3, -0.25) is 4.79 Å². The second kappa shape index (κ2) is 11.0. The van der Waals surface area contributed by atoms with E-state index in [1.807, 2.05) is 61.5 Å². The van der Waals surface area contributed by atoms with Crippen LogP contribution < -0.4 is 16.0 Å². The van der Waals surface area contributed by atoms with Crippen LogP contribution in [0.5, 0.6) is 0 Å². The number of piperidine rings is 3. The first-order valence-corrected chi connectivity index (χ1v) is 15.5. The van der Waals surface area contributed by atoms with E-state index in [2.05, 4.69) is 39.9 Å². The van der Waals surface area contributed by atoms with Crippen molar-refractivity contribution in [3.8, 4) is 11.5 Å². The molecule has 44 heavy (non-hydrogen) atoms. The number of carbonyl (C=O) groups is 1. The maximum absolute atomic E-state index is 12.7. The monoisotopic (exact) mass is 593 g/mol. The van der Waals surface area contributed by atoms with Crippen molar-refractivity contribution in [2.45, 2.75) is 62.9 Å². The van der Waals surface area contributed by atoms with Gasteiger partial charge >= 0.3 is 0 Å². The normalized spacial score (nSPS) is 24.3. The van der Waals surface area contributed by atoms with Gasteiger partial charge < -0.3 is 30.5 Å². The molecule has 228 valence electrons. The molecular formula is C34H39N7O3. The Morgan fingerprint density at radius 2 is 1.82 bits per heavy atom. The van der Waals surface area contributed by atoms with Gasteiger partial charge in [-0.15, -0.1) is 0 Å². The molecule has 4 N–H and O–H groups in total. The molecule has 10 heteroatoms. The number of nitrogens with one attached hydrogen (secondary N) is 3. The van der Waals surface area contributed by atoms with Gasteiger partial charge in [-0.1, -0.05) is 49.3 Å². The molecule has 2 aromatic heterocycles. The van der Waals surface area contributed by atoms with Gasteiger partial charge in [0.05, 0.1) is 23.9 Å². The van der Waals surface area contributed by atoms with Crippen LogP contribution in [0.1, 0.15) is 73.4 Å². The van der Waals surface area contributed by atoms with Crippen LogP contribution in [-0.2, 0) is 10.8 Å². The van der Waals surface area contributed by atoms with E-state index in [1.165, 1.54) is 0 Å². The molecule has 3 saturated heterocycles. The first kappa shape index (κ1) is 28.5. The summed E-state index contributed by atoms with van der Waals surface area (Å²) in [5, 5.41) is 24.9. The number of hydrogen-bond acceptors (Lipinski definition) is 9. The van der Waals surface area contributed by atoms with E-state index in [0.717, 1.165) is 61.5 Å². The van der Waals surface area contributed by atoms with Crippen molar-refractivity contribution < 1.29 is 14.4 Å². The Kier molecular flexibility index (Phi) is 7.13. The number of nitrogens with zero attached hydrogens (tertiary/aromatic N) is 4. The van der Waals surface area contributed by atoms with Gasteiger partial charge in [0.2, 0.25) is 0 Å². The number of rotatable bonds is 8. The van der Waals surface area contributed by atoms with E-state index in [-0.39, 0.29) is 35.4 Å². The first-order valence-electron chi connectivity index (χ1n) is 15.5. The number of fused-ring (bicyclic) bond motifs is 4. The van der Waals surface area contributed by atoms with Gasteiger partial charge in [-0.25, -0.2) is 4.98 Å². The summed E-state index contributed by atoms with van der Waals surface area (Å²) in [4.78, 5) is 24.8. The average molecular weight is 594 g/mol.